The average Bonchev–Trinajstić information content (AvgIpc) is 3.58. The van der Waals surface area contributed by atoms with Crippen molar-refractivity contribution in [2.75, 3.05) is 23.3 Å². The monoisotopic (exact) mass is 373 g/mol. The van der Waals surface area contributed by atoms with Gasteiger partial charge in [0.2, 0.25) is 0 Å². The lowest BCUT2D eigenvalue weighted by Gasteiger charge is -2.44. The Morgan fingerprint density at radius 2 is 2.07 bits per heavy atom. The SMILES string of the molecule is CC1(C#N)CN(c2cc(Nc3cc([C@]4(N)CC45CC5)ccc3C=N)ncn2)C1. The maximum Gasteiger partial charge on any atom is 0.135 e. The van der Waals surface area contributed by atoms with Crippen molar-refractivity contribution < 1.29 is 0 Å². The summed E-state index contributed by atoms with van der Waals surface area (Å²) in [7, 11) is 0. The van der Waals surface area contributed by atoms with Gasteiger partial charge in [0.1, 0.15) is 18.0 Å². The van der Waals surface area contributed by atoms with Gasteiger partial charge in [0, 0.05) is 42.2 Å². The van der Waals surface area contributed by atoms with Crippen molar-refractivity contribution in [2.45, 2.75) is 31.7 Å². The van der Waals surface area contributed by atoms with Crippen LogP contribution >= 0.6 is 0 Å². The van der Waals surface area contributed by atoms with Crippen LogP contribution in [0, 0.1) is 27.6 Å². The second-order valence-corrected chi connectivity index (χ2v) is 8.79. The number of aromatic nitrogens is 2. The molecule has 3 fully saturated rings. The second kappa shape index (κ2) is 5.52. The van der Waals surface area contributed by atoms with Gasteiger partial charge in [-0.15, -0.1) is 0 Å². The van der Waals surface area contributed by atoms with Gasteiger partial charge in [-0.25, -0.2) is 9.97 Å². The minimum Gasteiger partial charge on any atom is -0.353 e. The molecule has 2 aromatic rings. The van der Waals surface area contributed by atoms with Gasteiger partial charge in [0.05, 0.1) is 11.5 Å². The molecule has 28 heavy (non-hydrogen) atoms. The topological polar surface area (TPSA) is 115 Å². The van der Waals surface area contributed by atoms with E-state index in [4.69, 9.17) is 11.1 Å². The van der Waals surface area contributed by atoms with Crippen LogP contribution < -0.4 is 16.0 Å². The molecule has 7 nitrogen and oxygen atoms in total. The molecular weight excluding hydrogens is 350 g/mol. The van der Waals surface area contributed by atoms with Gasteiger partial charge < -0.3 is 21.4 Å². The molecule has 0 unspecified atom stereocenters. The number of rotatable bonds is 5. The zero-order valence-electron chi connectivity index (χ0n) is 15.9. The molecule has 3 aliphatic rings. The smallest absolute Gasteiger partial charge is 0.135 e. The normalized spacial score (nSPS) is 25.5. The Bertz CT molecular complexity index is 1010. The average molecular weight is 373 g/mol. The number of hydrogen-bond acceptors (Lipinski definition) is 7. The molecule has 7 heteroatoms. The van der Waals surface area contributed by atoms with Gasteiger partial charge in [-0.05, 0) is 43.2 Å². The first-order chi connectivity index (χ1) is 13.4. The van der Waals surface area contributed by atoms with Crippen molar-refractivity contribution in [2.24, 2.45) is 16.6 Å². The molecule has 1 aromatic carbocycles. The lowest BCUT2D eigenvalue weighted by atomic mass is 9.84. The van der Waals surface area contributed by atoms with Crippen LogP contribution in [0.2, 0.25) is 0 Å². The molecule has 2 saturated carbocycles. The van der Waals surface area contributed by atoms with Crippen molar-refractivity contribution in [1.82, 2.24) is 9.97 Å². The van der Waals surface area contributed by atoms with E-state index in [-0.39, 0.29) is 11.0 Å². The fourth-order valence-electron chi connectivity index (χ4n) is 4.49. The van der Waals surface area contributed by atoms with Crippen molar-refractivity contribution >= 4 is 23.5 Å². The molecule has 1 aliphatic heterocycles. The summed E-state index contributed by atoms with van der Waals surface area (Å²) in [5.74, 6) is 1.46. The molecule has 1 aromatic heterocycles. The molecule has 1 saturated heterocycles. The lowest BCUT2D eigenvalue weighted by molar-refractivity contribution is 0.334. The van der Waals surface area contributed by atoms with Crippen LogP contribution in [0.3, 0.4) is 0 Å². The van der Waals surface area contributed by atoms with Crippen LogP contribution in [-0.2, 0) is 5.54 Å². The van der Waals surface area contributed by atoms with E-state index >= 15 is 0 Å². The van der Waals surface area contributed by atoms with E-state index in [0.717, 1.165) is 29.1 Å². The molecule has 5 rings (SSSR count). The molecule has 4 N–H and O–H groups in total. The third kappa shape index (κ3) is 2.49. The van der Waals surface area contributed by atoms with E-state index in [1.54, 1.807) is 0 Å². The van der Waals surface area contributed by atoms with Gasteiger partial charge >= 0.3 is 0 Å². The van der Waals surface area contributed by atoms with Gasteiger partial charge in [-0.2, -0.15) is 5.26 Å². The van der Waals surface area contributed by atoms with Crippen LogP contribution in [0.25, 0.3) is 0 Å². The molecule has 0 radical (unpaired) electrons. The predicted molar refractivity (Wildman–Crippen MR) is 108 cm³/mol. The maximum atomic E-state index is 9.20. The fraction of sp³-hybridized carbons (Fsp3) is 0.429. The summed E-state index contributed by atoms with van der Waals surface area (Å²) >= 11 is 0. The molecule has 1 spiro atoms. The van der Waals surface area contributed by atoms with Crippen LogP contribution in [0.15, 0.2) is 30.6 Å². The van der Waals surface area contributed by atoms with Crippen molar-refractivity contribution in [3.8, 4) is 6.07 Å². The summed E-state index contributed by atoms with van der Waals surface area (Å²) in [6.07, 6.45) is 6.34. The Labute approximate surface area is 164 Å². The molecule has 1 atom stereocenters. The zero-order valence-corrected chi connectivity index (χ0v) is 15.9. The molecular formula is C21H23N7. The quantitative estimate of drug-likeness (QED) is 0.694. The third-order valence-electron chi connectivity index (χ3n) is 6.61. The highest BCUT2D eigenvalue weighted by atomic mass is 15.3. The second-order valence-electron chi connectivity index (χ2n) is 8.79. The highest BCUT2D eigenvalue weighted by Crippen LogP contribution is 2.76. The lowest BCUT2D eigenvalue weighted by Crippen LogP contribution is -2.54. The molecule has 0 amide bonds. The number of nitriles is 1. The van der Waals surface area contributed by atoms with Crippen LogP contribution in [0.4, 0.5) is 17.3 Å². The summed E-state index contributed by atoms with van der Waals surface area (Å²) in [5.41, 5.74) is 9.19. The number of benzene rings is 1. The number of hydrogen-bond donors (Lipinski definition) is 3. The van der Waals surface area contributed by atoms with Crippen LogP contribution in [0.5, 0.6) is 0 Å². The van der Waals surface area contributed by atoms with Crippen LogP contribution in [0.1, 0.15) is 37.3 Å². The number of nitrogens with zero attached hydrogens (tertiary/aromatic N) is 4. The summed E-state index contributed by atoms with van der Waals surface area (Å²) in [5, 5.41) is 20.3. The molecule has 0 bridgehead atoms. The largest absolute Gasteiger partial charge is 0.353 e. The minimum absolute atomic E-state index is 0.222. The first-order valence-electron chi connectivity index (χ1n) is 9.60. The Morgan fingerprint density at radius 1 is 1.29 bits per heavy atom. The van der Waals surface area contributed by atoms with Gasteiger partial charge in [0.25, 0.3) is 0 Å². The van der Waals surface area contributed by atoms with E-state index in [1.165, 1.54) is 25.4 Å². The van der Waals surface area contributed by atoms with Crippen molar-refractivity contribution in [3.63, 3.8) is 0 Å². The Kier molecular flexibility index (Phi) is 3.38. The first kappa shape index (κ1) is 17.1. The maximum absolute atomic E-state index is 9.20. The van der Waals surface area contributed by atoms with Crippen molar-refractivity contribution in [3.05, 3.63) is 41.7 Å². The van der Waals surface area contributed by atoms with Crippen molar-refractivity contribution in [1.29, 1.82) is 10.7 Å². The highest BCUT2D eigenvalue weighted by Gasteiger charge is 2.72. The number of anilines is 3. The first-order valence-corrected chi connectivity index (χ1v) is 9.60. The van der Waals surface area contributed by atoms with Gasteiger partial charge in [0.15, 0.2) is 0 Å². The summed E-state index contributed by atoms with van der Waals surface area (Å²) < 4.78 is 0. The third-order valence-corrected chi connectivity index (χ3v) is 6.61. The molecule has 2 heterocycles. The van der Waals surface area contributed by atoms with Gasteiger partial charge in [-0.1, -0.05) is 12.1 Å². The Hall–Kier alpha value is -2.98. The Morgan fingerprint density at radius 3 is 2.71 bits per heavy atom. The number of nitrogens with one attached hydrogen (secondary N) is 2. The highest BCUT2D eigenvalue weighted by molar-refractivity contribution is 5.87. The van der Waals surface area contributed by atoms with E-state index in [9.17, 15) is 5.26 Å². The van der Waals surface area contributed by atoms with E-state index in [2.05, 4.69) is 32.3 Å². The summed E-state index contributed by atoms with van der Waals surface area (Å²) in [6, 6.07) is 10.3. The minimum atomic E-state index is -0.307. The van der Waals surface area contributed by atoms with E-state index in [1.807, 2.05) is 25.1 Å². The zero-order chi connectivity index (χ0) is 19.6. The van der Waals surface area contributed by atoms with E-state index in [0.29, 0.717) is 24.3 Å². The molecule has 142 valence electrons. The summed E-state index contributed by atoms with van der Waals surface area (Å²) in [4.78, 5) is 10.7. The standard InChI is InChI=1S/C21H23N7/c1-19(10-23)11-28(12-19)18-7-17(25-13-26-18)27-16-6-15(3-2-14(16)8-22)21(24)9-20(21)4-5-20/h2-3,6-8,13,22H,4-5,9,11-12,24H2,1H3,(H,25,26,27)/t21-/m1/s1. The molecule has 2 aliphatic carbocycles. The van der Waals surface area contributed by atoms with Gasteiger partial charge in [-0.3, -0.25) is 0 Å². The van der Waals surface area contributed by atoms with Crippen LogP contribution in [-0.4, -0.2) is 29.3 Å². The predicted octanol–water partition coefficient (Wildman–Crippen LogP) is 2.91. The Balaban J connectivity index is 1.40. The fourth-order valence-corrected chi connectivity index (χ4v) is 4.49. The van der Waals surface area contributed by atoms with E-state index < -0.39 is 0 Å². The number of nitrogens with two attached hydrogens (primary N) is 1. The summed E-state index contributed by atoms with van der Waals surface area (Å²) in [6.45, 7) is 3.29.